The summed E-state index contributed by atoms with van der Waals surface area (Å²) in [7, 11) is 0. The first-order valence-electron chi connectivity index (χ1n) is 12.7. The van der Waals surface area contributed by atoms with Gasteiger partial charge in [-0.1, -0.05) is 23.2 Å². The lowest BCUT2D eigenvalue weighted by Crippen LogP contribution is -2.41. The Kier molecular flexibility index (Phi) is 7.94. The van der Waals surface area contributed by atoms with Crippen LogP contribution in [0.25, 0.3) is 0 Å². The second-order valence-corrected chi connectivity index (χ2v) is 12.0. The Hall–Kier alpha value is -2.34. The molecule has 1 aromatic heterocycles. The van der Waals surface area contributed by atoms with E-state index in [1.165, 1.54) is 11.1 Å². The second-order valence-electron chi connectivity index (χ2n) is 10.2. The van der Waals surface area contributed by atoms with Gasteiger partial charge in [0.1, 0.15) is 0 Å². The van der Waals surface area contributed by atoms with Crippen LogP contribution in [0.3, 0.4) is 0 Å². The number of carbonyl (C=O) groups is 1. The summed E-state index contributed by atoms with van der Waals surface area (Å²) in [5.74, 6) is 0.899. The van der Waals surface area contributed by atoms with Gasteiger partial charge in [-0.05, 0) is 94.8 Å². The van der Waals surface area contributed by atoms with Crippen LogP contribution in [0, 0.1) is 28.7 Å². The maximum Gasteiger partial charge on any atom is 0.222 e. The largest absolute Gasteiger partial charge is 0.343 e. The summed E-state index contributed by atoms with van der Waals surface area (Å²) in [6.45, 7) is 2.76. The van der Waals surface area contributed by atoms with Crippen LogP contribution in [0.2, 0.25) is 10.0 Å². The lowest BCUT2D eigenvalue weighted by atomic mass is 9.76. The van der Waals surface area contributed by atoms with Gasteiger partial charge in [0.15, 0.2) is 6.19 Å². The van der Waals surface area contributed by atoms with Crippen molar-refractivity contribution in [2.75, 3.05) is 26.2 Å². The van der Waals surface area contributed by atoms with Crippen molar-refractivity contribution >= 4 is 51.0 Å². The summed E-state index contributed by atoms with van der Waals surface area (Å²) in [5, 5.41) is 20.4. The molecule has 2 atom stereocenters. The monoisotopic (exact) mass is 602 g/mol. The van der Waals surface area contributed by atoms with Crippen molar-refractivity contribution in [2.24, 2.45) is 11.8 Å². The highest BCUT2D eigenvalue weighted by Crippen LogP contribution is 2.46. The minimum absolute atomic E-state index is 0.0738. The molecule has 2 aliphatic heterocycles. The Morgan fingerprint density at radius 2 is 1.86 bits per heavy atom. The van der Waals surface area contributed by atoms with Gasteiger partial charge in [0.05, 0.1) is 5.69 Å². The molecule has 3 aliphatic rings. The molecule has 0 radical (unpaired) electrons. The molecule has 0 spiro atoms. The first-order valence-corrected chi connectivity index (χ1v) is 14.3. The predicted octanol–water partition coefficient (Wildman–Crippen LogP) is 5.34. The third-order valence-corrected chi connectivity index (χ3v) is 8.99. The number of nitrogens with zero attached hydrogens (tertiary/aromatic N) is 4. The van der Waals surface area contributed by atoms with Crippen LogP contribution >= 0.6 is 39.1 Å². The van der Waals surface area contributed by atoms with Gasteiger partial charge in [0.25, 0.3) is 0 Å². The first-order chi connectivity index (χ1) is 17.8. The molecule has 37 heavy (non-hydrogen) atoms. The number of halogens is 3. The van der Waals surface area contributed by atoms with Gasteiger partial charge < -0.3 is 9.80 Å². The SMILES string of the molecule is N#CNC(=N)N1CCC(CC(=O)N2CCC(C3c4ncc(Br)cc4CCc4cc(Cl)cc(Cl)c43)CC2)C1. The number of hydrogen-bond acceptors (Lipinski definition) is 4. The van der Waals surface area contributed by atoms with Crippen molar-refractivity contribution in [3.8, 4) is 6.19 Å². The summed E-state index contributed by atoms with van der Waals surface area (Å²) >= 11 is 16.8. The summed E-state index contributed by atoms with van der Waals surface area (Å²) in [4.78, 5) is 21.9. The number of amides is 1. The Balaban J connectivity index is 1.29. The van der Waals surface area contributed by atoms with E-state index in [1.54, 1.807) is 6.19 Å². The number of pyridine rings is 1. The molecule has 1 aliphatic carbocycles. The number of piperidine rings is 1. The molecular weight excluding hydrogens is 575 g/mol. The third kappa shape index (κ3) is 5.59. The van der Waals surface area contributed by atoms with Crippen LogP contribution < -0.4 is 5.32 Å². The fraction of sp³-hybridized carbons (Fsp3) is 0.481. The van der Waals surface area contributed by atoms with Crippen LogP contribution in [0.15, 0.2) is 28.9 Å². The van der Waals surface area contributed by atoms with Crippen LogP contribution in [-0.4, -0.2) is 52.8 Å². The van der Waals surface area contributed by atoms with Gasteiger partial charge in [-0.3, -0.25) is 20.5 Å². The molecule has 1 amide bonds. The van der Waals surface area contributed by atoms with E-state index in [1.807, 2.05) is 28.1 Å². The van der Waals surface area contributed by atoms with Gasteiger partial charge in [0.2, 0.25) is 11.9 Å². The number of fused-ring (bicyclic) bond motifs is 2. The van der Waals surface area contributed by atoms with Crippen LogP contribution in [0.5, 0.6) is 0 Å². The van der Waals surface area contributed by atoms with E-state index < -0.39 is 0 Å². The number of nitriles is 1. The van der Waals surface area contributed by atoms with E-state index in [-0.39, 0.29) is 23.7 Å². The van der Waals surface area contributed by atoms with Crippen LogP contribution in [0.1, 0.15) is 54.0 Å². The van der Waals surface area contributed by atoms with Crippen LogP contribution in [0.4, 0.5) is 0 Å². The van der Waals surface area contributed by atoms with Gasteiger partial charge in [-0.2, -0.15) is 5.26 Å². The molecule has 7 nitrogen and oxygen atoms in total. The molecule has 194 valence electrons. The molecule has 2 fully saturated rings. The van der Waals surface area contributed by atoms with Crippen molar-refractivity contribution in [3.05, 3.63) is 61.3 Å². The second kappa shape index (κ2) is 11.2. The fourth-order valence-corrected chi connectivity index (χ4v) is 7.25. The summed E-state index contributed by atoms with van der Waals surface area (Å²) in [6, 6.07) is 6.06. The number of likely N-dealkylation sites (tertiary alicyclic amines) is 2. The topological polar surface area (TPSA) is 96.1 Å². The van der Waals surface area contributed by atoms with E-state index in [4.69, 9.17) is 38.9 Å². The van der Waals surface area contributed by atoms with Crippen molar-refractivity contribution in [2.45, 2.75) is 44.4 Å². The number of hydrogen-bond donors (Lipinski definition) is 2. The fourth-order valence-electron chi connectivity index (χ4n) is 6.22. The number of guanidine groups is 1. The lowest BCUT2D eigenvalue weighted by molar-refractivity contribution is -0.133. The van der Waals surface area contributed by atoms with Crippen molar-refractivity contribution in [3.63, 3.8) is 0 Å². The molecule has 2 N–H and O–H groups in total. The molecule has 3 heterocycles. The Labute approximate surface area is 235 Å². The predicted molar refractivity (Wildman–Crippen MR) is 148 cm³/mol. The van der Waals surface area contributed by atoms with E-state index in [2.05, 4.69) is 27.3 Å². The molecule has 2 unspecified atom stereocenters. The highest BCUT2D eigenvalue weighted by atomic mass is 79.9. The zero-order valence-electron chi connectivity index (χ0n) is 20.4. The maximum absolute atomic E-state index is 13.2. The van der Waals surface area contributed by atoms with Crippen molar-refractivity contribution < 1.29 is 4.79 Å². The minimum atomic E-state index is 0.0738. The smallest absolute Gasteiger partial charge is 0.222 e. The van der Waals surface area contributed by atoms with Gasteiger partial charge in [-0.15, -0.1) is 0 Å². The molecular formula is C27H29BrCl2N6O. The van der Waals surface area contributed by atoms with Gasteiger partial charge in [0, 0.05) is 59.2 Å². The van der Waals surface area contributed by atoms with E-state index >= 15 is 0 Å². The number of carbonyl (C=O) groups excluding carboxylic acids is 1. The van der Waals surface area contributed by atoms with Crippen molar-refractivity contribution in [1.29, 1.82) is 10.7 Å². The maximum atomic E-state index is 13.2. The normalized spacial score (nSPS) is 21.6. The average Bonchev–Trinajstić information content (AvgIpc) is 3.27. The highest BCUT2D eigenvalue weighted by molar-refractivity contribution is 9.10. The molecule has 2 aromatic rings. The number of nitrogens with one attached hydrogen (secondary N) is 2. The highest BCUT2D eigenvalue weighted by Gasteiger charge is 2.37. The molecule has 0 saturated carbocycles. The van der Waals surface area contributed by atoms with Crippen LogP contribution in [-0.2, 0) is 17.6 Å². The Morgan fingerprint density at radius 3 is 2.62 bits per heavy atom. The first kappa shape index (κ1) is 26.3. The standard InChI is InChI=1S/C27H29BrCl2N6O/c28-20-10-19-2-1-18-11-21(29)12-22(30)24(18)25(26(19)33-13-20)17-4-7-35(8-5-17)23(37)9-16-3-6-36(14-16)27(32)34-15-31/h10-13,16-17,25H,1-9,14H2,(H2,32,34). The number of aryl methyl sites for hydroxylation is 2. The average molecular weight is 604 g/mol. The Bertz CT molecular complexity index is 1260. The summed E-state index contributed by atoms with van der Waals surface area (Å²) in [6.07, 6.45) is 8.54. The number of benzene rings is 1. The summed E-state index contributed by atoms with van der Waals surface area (Å²) < 4.78 is 0.976. The molecule has 0 bridgehead atoms. The zero-order chi connectivity index (χ0) is 26.1. The van der Waals surface area contributed by atoms with E-state index in [0.29, 0.717) is 48.6 Å². The van der Waals surface area contributed by atoms with E-state index in [0.717, 1.165) is 47.8 Å². The minimum Gasteiger partial charge on any atom is -0.343 e. The molecule has 5 rings (SSSR count). The van der Waals surface area contributed by atoms with E-state index in [9.17, 15) is 4.79 Å². The molecule has 2 saturated heterocycles. The number of aromatic nitrogens is 1. The molecule has 10 heteroatoms. The summed E-state index contributed by atoms with van der Waals surface area (Å²) in [5.41, 5.74) is 4.67. The van der Waals surface area contributed by atoms with Crippen molar-refractivity contribution in [1.82, 2.24) is 20.1 Å². The van der Waals surface area contributed by atoms with Gasteiger partial charge >= 0.3 is 0 Å². The molecule has 1 aromatic carbocycles. The van der Waals surface area contributed by atoms with Gasteiger partial charge in [-0.25, -0.2) is 0 Å². The zero-order valence-corrected chi connectivity index (χ0v) is 23.5. The quantitative estimate of drug-likeness (QED) is 0.214. The Morgan fingerprint density at radius 1 is 1.14 bits per heavy atom. The third-order valence-electron chi connectivity index (χ3n) is 8.02. The lowest BCUT2D eigenvalue weighted by Gasteiger charge is -2.37. The number of rotatable bonds is 3.